The highest BCUT2D eigenvalue weighted by Gasteiger charge is 2.31. The third-order valence-electron chi connectivity index (χ3n) is 3.78. The molecular formula is C17H29O5PS. The molecule has 7 heteroatoms. The van der Waals surface area contributed by atoms with Crippen molar-refractivity contribution in [1.29, 1.82) is 0 Å². The lowest BCUT2D eigenvalue weighted by Gasteiger charge is -2.19. The second-order valence-corrected chi connectivity index (χ2v) is 8.96. The molecule has 0 unspecified atom stereocenters. The molecule has 0 bridgehead atoms. The summed E-state index contributed by atoms with van der Waals surface area (Å²) in [5, 5.41) is 0. The Bertz CT molecular complexity index is 547. The molecule has 0 radical (unpaired) electrons. The van der Waals surface area contributed by atoms with Crippen molar-refractivity contribution < 1.29 is 23.1 Å². The van der Waals surface area contributed by atoms with Crippen molar-refractivity contribution in [2.24, 2.45) is 0 Å². The van der Waals surface area contributed by atoms with Gasteiger partial charge in [-0.25, -0.2) is 0 Å². The Morgan fingerprint density at radius 3 is 2.17 bits per heavy atom. The van der Waals surface area contributed by atoms with E-state index in [2.05, 4.69) is 6.92 Å². The maximum Gasteiger partial charge on any atom is 0.335 e. The van der Waals surface area contributed by atoms with Gasteiger partial charge in [0.2, 0.25) is 0 Å². The van der Waals surface area contributed by atoms with Crippen LogP contribution in [0, 0.1) is 0 Å². The average Bonchev–Trinajstić information content (AvgIpc) is 2.90. The summed E-state index contributed by atoms with van der Waals surface area (Å²) < 4.78 is 35.4. The van der Waals surface area contributed by atoms with E-state index < -0.39 is 7.60 Å². The minimum absolute atomic E-state index is 0.250. The van der Waals surface area contributed by atoms with Crippen LogP contribution in [0.1, 0.15) is 56.2 Å². The summed E-state index contributed by atoms with van der Waals surface area (Å²) in [6.07, 6.45) is 6.05. The van der Waals surface area contributed by atoms with Gasteiger partial charge >= 0.3 is 7.60 Å². The number of fused-ring (bicyclic) bond motifs is 1. The molecule has 24 heavy (non-hydrogen) atoms. The summed E-state index contributed by atoms with van der Waals surface area (Å²) in [4.78, 5) is 2.11. The molecule has 2 heterocycles. The smallest absolute Gasteiger partial charge is 0.335 e. The Balaban J connectivity index is 2.16. The Kier molecular flexibility index (Phi) is 8.08. The van der Waals surface area contributed by atoms with Gasteiger partial charge in [-0.15, -0.1) is 11.3 Å². The van der Waals surface area contributed by atoms with Crippen LogP contribution in [0.5, 0.6) is 11.5 Å². The maximum atomic E-state index is 12.8. The third-order valence-corrected chi connectivity index (χ3v) is 7.21. The standard InChI is InChI=1S/C17H29O5PS/c1-4-7-8-9-10-14-16-17(20-12-11-19-16)15(24-14)13-23(18,21-5-2)22-6-3/h4-13H2,1-3H3. The van der Waals surface area contributed by atoms with Crippen molar-refractivity contribution in [2.45, 2.75) is 59.0 Å². The summed E-state index contributed by atoms with van der Waals surface area (Å²) >= 11 is 1.63. The highest BCUT2D eigenvalue weighted by molar-refractivity contribution is 7.53. The summed E-state index contributed by atoms with van der Waals surface area (Å²) in [5.74, 6) is 1.59. The van der Waals surface area contributed by atoms with Gasteiger partial charge < -0.3 is 18.5 Å². The number of unbranched alkanes of at least 4 members (excludes halogenated alkanes) is 3. The van der Waals surface area contributed by atoms with Crippen molar-refractivity contribution in [3.05, 3.63) is 9.75 Å². The van der Waals surface area contributed by atoms with Crippen molar-refractivity contribution in [3.8, 4) is 11.5 Å². The Hall–Kier alpha value is -0.550. The summed E-state index contributed by atoms with van der Waals surface area (Å²) in [6.45, 7) is 7.70. The second kappa shape index (κ2) is 9.81. The second-order valence-electron chi connectivity index (χ2n) is 5.72. The van der Waals surface area contributed by atoms with Gasteiger partial charge in [0.05, 0.1) is 29.1 Å². The van der Waals surface area contributed by atoms with Crippen molar-refractivity contribution in [2.75, 3.05) is 26.4 Å². The molecule has 1 aliphatic heterocycles. The number of rotatable bonds is 11. The molecule has 0 saturated heterocycles. The highest BCUT2D eigenvalue weighted by atomic mass is 32.1. The number of aryl methyl sites for hydroxylation is 1. The van der Waals surface area contributed by atoms with Gasteiger partial charge in [-0.1, -0.05) is 26.2 Å². The van der Waals surface area contributed by atoms with Crippen LogP contribution in [0.4, 0.5) is 0 Å². The molecule has 0 aliphatic carbocycles. The lowest BCUT2D eigenvalue weighted by molar-refractivity contribution is 0.170. The van der Waals surface area contributed by atoms with E-state index in [4.69, 9.17) is 18.5 Å². The largest absolute Gasteiger partial charge is 0.485 e. The molecule has 138 valence electrons. The van der Waals surface area contributed by atoms with E-state index >= 15 is 0 Å². The predicted octanol–water partition coefficient (Wildman–Crippen LogP) is 5.41. The fraction of sp³-hybridized carbons (Fsp3) is 0.765. The lowest BCUT2D eigenvalue weighted by Crippen LogP contribution is -2.15. The average molecular weight is 376 g/mol. The molecule has 0 amide bonds. The first kappa shape index (κ1) is 19.8. The third kappa shape index (κ3) is 5.22. The number of hydrogen-bond acceptors (Lipinski definition) is 6. The maximum absolute atomic E-state index is 12.8. The molecule has 0 atom stereocenters. The van der Waals surface area contributed by atoms with E-state index in [-0.39, 0.29) is 6.16 Å². The minimum atomic E-state index is -3.14. The lowest BCUT2D eigenvalue weighted by atomic mass is 10.1. The predicted molar refractivity (Wildman–Crippen MR) is 97.7 cm³/mol. The van der Waals surface area contributed by atoms with Gasteiger partial charge in [-0.3, -0.25) is 4.57 Å². The topological polar surface area (TPSA) is 54.0 Å². The van der Waals surface area contributed by atoms with Crippen molar-refractivity contribution in [1.82, 2.24) is 0 Å². The van der Waals surface area contributed by atoms with E-state index in [1.165, 1.54) is 24.1 Å². The Labute approximate surface area is 149 Å². The van der Waals surface area contributed by atoms with Gasteiger partial charge in [-0.05, 0) is 26.7 Å². The van der Waals surface area contributed by atoms with Gasteiger partial charge in [-0.2, -0.15) is 0 Å². The summed E-state index contributed by atoms with van der Waals surface area (Å²) in [6, 6.07) is 0. The molecule has 0 spiro atoms. The molecule has 2 rings (SSSR count). The van der Waals surface area contributed by atoms with E-state index in [1.54, 1.807) is 11.3 Å². The molecule has 0 aromatic carbocycles. The van der Waals surface area contributed by atoms with Crippen LogP contribution in [0.25, 0.3) is 0 Å². The van der Waals surface area contributed by atoms with Crippen LogP contribution in [-0.2, 0) is 26.2 Å². The van der Waals surface area contributed by atoms with Crippen LogP contribution in [-0.4, -0.2) is 26.4 Å². The fourth-order valence-corrected chi connectivity index (χ4v) is 6.06. The fourth-order valence-electron chi connectivity index (χ4n) is 2.75. The van der Waals surface area contributed by atoms with E-state index in [9.17, 15) is 4.57 Å². The number of hydrogen-bond donors (Lipinski definition) is 0. The normalized spacial score (nSPS) is 14.1. The highest BCUT2D eigenvalue weighted by Crippen LogP contribution is 2.56. The van der Waals surface area contributed by atoms with Crippen molar-refractivity contribution in [3.63, 3.8) is 0 Å². The zero-order valence-electron chi connectivity index (χ0n) is 15.0. The van der Waals surface area contributed by atoms with Crippen LogP contribution >= 0.6 is 18.9 Å². The molecule has 0 saturated carbocycles. The van der Waals surface area contributed by atoms with Gasteiger partial charge in [0.1, 0.15) is 13.2 Å². The van der Waals surface area contributed by atoms with Gasteiger partial charge in [0.15, 0.2) is 11.5 Å². The number of thiophene rings is 1. The Morgan fingerprint density at radius 1 is 0.958 bits per heavy atom. The molecule has 0 fully saturated rings. The SMILES string of the molecule is CCCCCCc1sc(CP(=O)(OCC)OCC)c2c1OCCO2. The zero-order chi connectivity index (χ0) is 17.4. The van der Waals surface area contributed by atoms with Crippen LogP contribution in [0.2, 0.25) is 0 Å². The zero-order valence-corrected chi connectivity index (χ0v) is 16.7. The summed E-state index contributed by atoms with van der Waals surface area (Å²) in [7, 11) is -3.14. The van der Waals surface area contributed by atoms with Gasteiger partial charge in [0.25, 0.3) is 0 Å². The van der Waals surface area contributed by atoms with Crippen molar-refractivity contribution >= 4 is 18.9 Å². The van der Waals surface area contributed by atoms with E-state index in [0.717, 1.165) is 29.2 Å². The van der Waals surface area contributed by atoms with E-state index in [1.807, 2.05) is 13.8 Å². The molecule has 1 aromatic rings. The van der Waals surface area contributed by atoms with Crippen LogP contribution in [0.15, 0.2) is 0 Å². The quantitative estimate of drug-likeness (QED) is 0.382. The Morgan fingerprint density at radius 2 is 1.58 bits per heavy atom. The molecule has 1 aliphatic rings. The molecule has 5 nitrogen and oxygen atoms in total. The number of ether oxygens (including phenoxy) is 2. The first-order chi connectivity index (χ1) is 11.6. The first-order valence-corrected chi connectivity index (χ1v) is 11.5. The monoisotopic (exact) mass is 376 g/mol. The molecule has 1 aromatic heterocycles. The van der Waals surface area contributed by atoms with Crippen LogP contribution < -0.4 is 9.47 Å². The minimum Gasteiger partial charge on any atom is -0.485 e. The summed E-state index contributed by atoms with van der Waals surface area (Å²) in [5.41, 5.74) is 0. The molecule has 0 N–H and O–H groups in total. The first-order valence-electron chi connectivity index (χ1n) is 8.91. The van der Waals surface area contributed by atoms with Gasteiger partial charge in [0, 0.05) is 0 Å². The molecular weight excluding hydrogens is 347 g/mol. The van der Waals surface area contributed by atoms with E-state index in [0.29, 0.717) is 26.4 Å². The van der Waals surface area contributed by atoms with Crippen LogP contribution in [0.3, 0.4) is 0 Å².